The predicted octanol–water partition coefficient (Wildman–Crippen LogP) is 5.54. The smallest absolute Gasteiger partial charge is 0.263 e. The number of benzene rings is 2. The maximum Gasteiger partial charge on any atom is 0.270 e. The van der Waals surface area contributed by atoms with Gasteiger partial charge in [0.25, 0.3) is 10.0 Å². The van der Waals surface area contributed by atoms with Gasteiger partial charge in [-0.25, -0.2) is 12.4 Å². The van der Waals surface area contributed by atoms with Gasteiger partial charge in [-0.1, -0.05) is 48.5 Å². The highest BCUT2D eigenvalue weighted by molar-refractivity contribution is 7.90. The van der Waals surface area contributed by atoms with E-state index in [4.69, 9.17) is 0 Å². The van der Waals surface area contributed by atoms with Gasteiger partial charge in [-0.2, -0.15) is 5.26 Å². The van der Waals surface area contributed by atoms with Crippen molar-refractivity contribution in [3.8, 4) is 28.5 Å². The lowest BCUT2D eigenvalue weighted by molar-refractivity contribution is 0.589. The van der Waals surface area contributed by atoms with Crippen LogP contribution in [0.25, 0.3) is 33.3 Å². The number of pyridine rings is 1. The van der Waals surface area contributed by atoms with Crippen LogP contribution < -0.4 is 0 Å². The van der Waals surface area contributed by atoms with Crippen molar-refractivity contribution in [1.82, 2.24) is 8.96 Å². The fourth-order valence-corrected chi connectivity index (χ4v) is 5.99. The number of aromatic nitrogens is 2. The molecule has 0 spiro atoms. The zero-order valence-electron chi connectivity index (χ0n) is 16.1. The van der Waals surface area contributed by atoms with Crippen molar-refractivity contribution in [3.63, 3.8) is 0 Å². The van der Waals surface area contributed by atoms with Crippen molar-refractivity contribution in [2.75, 3.05) is 0 Å². The van der Waals surface area contributed by atoms with Crippen LogP contribution in [0, 0.1) is 11.3 Å². The minimum absolute atomic E-state index is 0.102. The largest absolute Gasteiger partial charge is 0.270 e. The number of para-hydroxylation sites is 1. The second-order valence-electron chi connectivity index (χ2n) is 6.84. The van der Waals surface area contributed by atoms with Crippen LogP contribution in [0.4, 0.5) is 0 Å². The van der Waals surface area contributed by atoms with E-state index in [1.807, 2.05) is 60.0 Å². The molecule has 0 aliphatic heterocycles. The maximum absolute atomic E-state index is 13.8. The first kappa shape index (κ1) is 19.2. The van der Waals surface area contributed by atoms with Crippen LogP contribution >= 0.6 is 11.3 Å². The van der Waals surface area contributed by atoms with E-state index in [0.717, 1.165) is 22.1 Å². The molecule has 5 aromatic rings. The number of nitrogens with zero attached hydrogens (tertiary/aromatic N) is 3. The van der Waals surface area contributed by atoms with E-state index in [1.165, 1.54) is 27.6 Å². The molecule has 0 saturated carbocycles. The van der Waals surface area contributed by atoms with Gasteiger partial charge in [0.05, 0.1) is 11.2 Å². The molecule has 7 heteroatoms. The van der Waals surface area contributed by atoms with Gasteiger partial charge in [0.15, 0.2) is 0 Å². The molecule has 0 aliphatic rings. The van der Waals surface area contributed by atoms with Crippen LogP contribution in [0.5, 0.6) is 0 Å². The summed E-state index contributed by atoms with van der Waals surface area (Å²) in [5, 5.41) is 12.3. The van der Waals surface area contributed by atoms with Crippen molar-refractivity contribution in [2.24, 2.45) is 0 Å². The Morgan fingerprint density at radius 2 is 1.71 bits per heavy atom. The molecule has 0 amide bonds. The third-order valence-electron chi connectivity index (χ3n) is 5.09. The molecule has 31 heavy (non-hydrogen) atoms. The molecule has 0 radical (unpaired) electrons. The summed E-state index contributed by atoms with van der Waals surface area (Å²) in [5.41, 5.74) is 3.28. The number of nitriles is 1. The molecule has 5 rings (SSSR count). The summed E-state index contributed by atoms with van der Waals surface area (Å²) in [6, 6.07) is 24.0. The van der Waals surface area contributed by atoms with Gasteiger partial charge in [0, 0.05) is 28.9 Å². The van der Waals surface area contributed by atoms with E-state index >= 15 is 0 Å². The monoisotopic (exact) mass is 441 g/mol. The van der Waals surface area contributed by atoms with Gasteiger partial charge in [-0.3, -0.25) is 4.98 Å². The zero-order valence-corrected chi connectivity index (χ0v) is 17.8. The topological polar surface area (TPSA) is 75.8 Å². The number of fused-ring (bicyclic) bond motifs is 1. The first-order valence-corrected chi connectivity index (χ1v) is 11.8. The lowest BCUT2D eigenvalue weighted by Gasteiger charge is -2.13. The highest BCUT2D eigenvalue weighted by atomic mass is 32.2. The fraction of sp³-hybridized carbons (Fsp3) is 0. The molecule has 2 aromatic carbocycles. The Balaban J connectivity index is 1.99. The predicted molar refractivity (Wildman–Crippen MR) is 122 cm³/mol. The summed E-state index contributed by atoms with van der Waals surface area (Å²) < 4.78 is 29.1. The number of hydrogen-bond acceptors (Lipinski definition) is 5. The molecule has 5 nitrogen and oxygen atoms in total. The Morgan fingerprint density at radius 3 is 2.45 bits per heavy atom. The summed E-state index contributed by atoms with van der Waals surface area (Å²) >= 11 is 1.34. The van der Waals surface area contributed by atoms with Crippen LogP contribution in [0.3, 0.4) is 0 Å². The van der Waals surface area contributed by atoms with E-state index in [1.54, 1.807) is 18.3 Å². The highest BCUT2D eigenvalue weighted by Crippen LogP contribution is 2.44. The van der Waals surface area contributed by atoms with Gasteiger partial charge in [-0.15, -0.1) is 11.3 Å². The van der Waals surface area contributed by atoms with Crippen molar-refractivity contribution in [2.45, 2.75) is 4.90 Å². The molecule has 0 aliphatic carbocycles. The first-order valence-electron chi connectivity index (χ1n) is 9.45. The molecule has 3 heterocycles. The average Bonchev–Trinajstić information content (AvgIpc) is 3.42. The molecule has 0 unspecified atom stereocenters. The lowest BCUT2D eigenvalue weighted by Crippen LogP contribution is -2.14. The molecule has 0 bridgehead atoms. The van der Waals surface area contributed by atoms with Crippen molar-refractivity contribution in [3.05, 3.63) is 95.4 Å². The van der Waals surface area contributed by atoms with Crippen molar-refractivity contribution in [1.29, 1.82) is 5.26 Å². The zero-order chi connectivity index (χ0) is 21.4. The SMILES string of the molecule is N#Cc1sccc1-c1c(-c2ccccc2)n(S(=O)(=O)c2cccnc2)c2ccccc12. The minimum Gasteiger partial charge on any atom is -0.263 e. The quantitative estimate of drug-likeness (QED) is 0.367. The second kappa shape index (κ2) is 7.51. The van der Waals surface area contributed by atoms with Crippen LogP contribution in [-0.2, 0) is 10.0 Å². The van der Waals surface area contributed by atoms with Crippen LogP contribution in [0.15, 0.2) is 95.5 Å². The Hall–Kier alpha value is -3.73. The average molecular weight is 442 g/mol. The van der Waals surface area contributed by atoms with Gasteiger partial charge in [0.2, 0.25) is 0 Å². The summed E-state index contributed by atoms with van der Waals surface area (Å²) in [5.74, 6) is 0. The van der Waals surface area contributed by atoms with E-state index < -0.39 is 10.0 Å². The number of thiophene rings is 1. The van der Waals surface area contributed by atoms with Crippen LogP contribution in [0.1, 0.15) is 4.88 Å². The summed E-state index contributed by atoms with van der Waals surface area (Å²) in [6.45, 7) is 0. The van der Waals surface area contributed by atoms with Crippen LogP contribution in [0.2, 0.25) is 0 Å². The Kier molecular flexibility index (Phi) is 4.66. The molecule has 0 N–H and O–H groups in total. The third-order valence-corrected chi connectivity index (χ3v) is 7.60. The van der Waals surface area contributed by atoms with Gasteiger partial charge in [-0.05, 0) is 35.2 Å². The molecule has 0 fully saturated rings. The molecular formula is C24H15N3O2S2. The van der Waals surface area contributed by atoms with Crippen LogP contribution in [-0.4, -0.2) is 17.4 Å². The van der Waals surface area contributed by atoms with E-state index in [2.05, 4.69) is 11.1 Å². The van der Waals surface area contributed by atoms with Gasteiger partial charge in [0.1, 0.15) is 15.8 Å². The Labute approximate surface area is 183 Å². The van der Waals surface area contributed by atoms with Crippen molar-refractivity contribution >= 4 is 32.3 Å². The maximum atomic E-state index is 13.8. The highest BCUT2D eigenvalue weighted by Gasteiger charge is 2.29. The first-order chi connectivity index (χ1) is 15.1. The van der Waals surface area contributed by atoms with Gasteiger partial charge >= 0.3 is 0 Å². The Bertz CT molecular complexity index is 1550. The number of rotatable bonds is 4. The molecule has 3 aromatic heterocycles. The molecular weight excluding hydrogens is 426 g/mol. The lowest BCUT2D eigenvalue weighted by atomic mass is 9.99. The normalized spacial score (nSPS) is 11.5. The molecule has 0 saturated heterocycles. The molecule has 0 atom stereocenters. The molecule has 150 valence electrons. The number of hydrogen-bond donors (Lipinski definition) is 0. The summed E-state index contributed by atoms with van der Waals surface area (Å²) in [7, 11) is -3.96. The van der Waals surface area contributed by atoms with E-state index in [-0.39, 0.29) is 4.90 Å². The third kappa shape index (κ3) is 3.05. The van der Waals surface area contributed by atoms with E-state index in [9.17, 15) is 13.7 Å². The summed E-state index contributed by atoms with van der Waals surface area (Å²) in [6.07, 6.45) is 2.89. The Morgan fingerprint density at radius 1 is 0.935 bits per heavy atom. The minimum atomic E-state index is -3.96. The van der Waals surface area contributed by atoms with Gasteiger partial charge < -0.3 is 0 Å². The fourth-order valence-electron chi connectivity index (χ4n) is 3.79. The standard InChI is InChI=1S/C24H15N3O2S2/c25-15-22-20(12-14-30-22)23-19-10-4-5-11-21(19)27(24(23)17-7-2-1-3-8-17)31(28,29)18-9-6-13-26-16-18/h1-14,16H. The van der Waals surface area contributed by atoms with Crippen molar-refractivity contribution < 1.29 is 8.42 Å². The second-order valence-corrected chi connectivity index (χ2v) is 9.54. The summed E-state index contributed by atoms with van der Waals surface area (Å²) in [4.78, 5) is 4.65. The van der Waals surface area contributed by atoms with E-state index in [0.29, 0.717) is 16.1 Å².